The van der Waals surface area contributed by atoms with E-state index in [1.54, 1.807) is 0 Å². The van der Waals surface area contributed by atoms with Gasteiger partial charge in [0.05, 0.1) is 17.1 Å². The van der Waals surface area contributed by atoms with Gasteiger partial charge >= 0.3 is 0 Å². The fourth-order valence-electron chi connectivity index (χ4n) is 20.7. The summed E-state index contributed by atoms with van der Waals surface area (Å²) < 4.78 is 56.8. The van der Waals surface area contributed by atoms with Crippen molar-refractivity contribution in [1.29, 1.82) is 0 Å². The van der Waals surface area contributed by atoms with Crippen molar-refractivity contribution in [2.75, 3.05) is 14.7 Å². The predicted molar refractivity (Wildman–Crippen MR) is 565 cm³/mol. The van der Waals surface area contributed by atoms with Crippen molar-refractivity contribution in [2.24, 2.45) is 0 Å². The van der Waals surface area contributed by atoms with Crippen molar-refractivity contribution >= 4 is 249 Å². The molecule has 30 aromatic rings. The first kappa shape index (κ1) is 77.9. The summed E-state index contributed by atoms with van der Waals surface area (Å²) in [4.78, 5) is 6.83. The molecule has 0 atom stereocenters. The molecule has 0 saturated carbocycles. The Labute approximate surface area is 786 Å². The summed E-state index contributed by atoms with van der Waals surface area (Å²) in [7, 11) is 0. The predicted octanol–water partition coefficient (Wildman–Crippen LogP) is 37.6. The van der Waals surface area contributed by atoms with Crippen molar-refractivity contribution in [1.82, 2.24) is 0 Å². The highest BCUT2D eigenvalue weighted by Crippen LogP contribution is 2.52. The monoisotopic (exact) mass is 1770 g/mol. The number of hydrogen-bond acceptors (Lipinski definition) is 12. The Bertz CT molecular complexity index is 9200. The van der Waals surface area contributed by atoms with Crippen LogP contribution >= 0.6 is 0 Å². The Morgan fingerprint density at radius 1 is 0.109 bits per heavy atom. The number of hydrogen-bond donors (Lipinski definition) is 0. The maximum atomic E-state index is 6.55. The van der Waals surface area contributed by atoms with Gasteiger partial charge in [-0.2, -0.15) is 0 Å². The van der Waals surface area contributed by atoms with E-state index in [4.69, 9.17) is 39.8 Å². The van der Waals surface area contributed by atoms with Gasteiger partial charge < -0.3 is 49.6 Å². The van der Waals surface area contributed by atoms with E-state index in [1.807, 2.05) is 127 Å². The van der Waals surface area contributed by atoms with Crippen LogP contribution in [0.15, 0.2) is 495 Å². The summed E-state index contributed by atoms with van der Waals surface area (Å²) in [6, 6.07) is 158. The molecule has 0 amide bonds. The average molecular weight is 1770 g/mol. The van der Waals surface area contributed by atoms with Crippen molar-refractivity contribution in [3.63, 3.8) is 0 Å². The Balaban J connectivity index is 0.000000105. The van der Waals surface area contributed by atoms with Crippen LogP contribution in [0.2, 0.25) is 0 Å². The number of anilines is 9. The van der Waals surface area contributed by atoms with Crippen LogP contribution in [0.5, 0.6) is 0 Å². The molecule has 0 unspecified atom stereocenters. The number of para-hydroxylation sites is 12. The summed E-state index contributed by atoms with van der Waals surface area (Å²) in [5.74, 6) is 0. The Hall–Kier alpha value is -18.8. The fraction of sp³-hybridized carbons (Fsp3) is 0. The van der Waals surface area contributed by atoms with Gasteiger partial charge in [0.2, 0.25) is 0 Å². The number of rotatable bonds is 12. The minimum Gasteiger partial charge on any atom is -0.456 e. The molecule has 0 aliphatic carbocycles. The third-order valence-electron chi connectivity index (χ3n) is 27.2. The quantitative estimate of drug-likeness (QED) is 0.115. The topological polar surface area (TPSA) is 128 Å². The van der Waals surface area contributed by atoms with E-state index in [9.17, 15) is 0 Å². The van der Waals surface area contributed by atoms with Crippen molar-refractivity contribution in [2.45, 2.75) is 0 Å². The van der Waals surface area contributed by atoms with Crippen molar-refractivity contribution in [3.8, 4) is 33.4 Å². The maximum Gasteiger partial charge on any atom is 0.159 e. The minimum absolute atomic E-state index is 0.810. The first-order valence-corrected chi connectivity index (χ1v) is 46.3. The van der Waals surface area contributed by atoms with Gasteiger partial charge in [-0.25, -0.2) is 0 Å². The molecule has 0 aliphatic heterocycles. The van der Waals surface area contributed by atoms with Crippen LogP contribution in [0, 0.1) is 0 Å². The Kier molecular flexibility index (Phi) is 17.8. The zero-order chi connectivity index (χ0) is 90.6. The van der Waals surface area contributed by atoms with Crippen LogP contribution in [0.4, 0.5) is 51.2 Å². The highest BCUT2D eigenvalue weighted by Gasteiger charge is 2.29. The second kappa shape index (κ2) is 31.5. The first-order chi connectivity index (χ1) is 68.3. The lowest BCUT2D eigenvalue weighted by atomic mass is 10.0. The zero-order valence-corrected chi connectivity index (χ0v) is 73.8. The maximum absolute atomic E-state index is 6.55. The summed E-state index contributed by atoms with van der Waals surface area (Å²) in [5.41, 5.74) is 31.4. The zero-order valence-electron chi connectivity index (χ0n) is 73.8. The van der Waals surface area contributed by atoms with E-state index < -0.39 is 0 Å². The fourth-order valence-corrected chi connectivity index (χ4v) is 20.7. The van der Waals surface area contributed by atoms with Gasteiger partial charge in [0, 0.05) is 131 Å². The second-order valence-corrected chi connectivity index (χ2v) is 35.2. The standard InChI is InChI=1S/C54H33NO3.2C36H21NO3/c1-4-10-49-43(7-1)46-28-19-37(31-52(46)56-49)34-13-22-40(23-14-34)55(41-24-15-35(16-25-41)38-20-29-47-44-8-2-5-11-50(44)57-53(47)32-38)42-26-17-36(18-27-42)39-21-30-48-45-9-3-6-12-51(45)58-54(48)33-39;1-4-19-31-22(10-1)25-13-7-16-28(34(25)38-31)37(29-17-8-14-26-23-11-2-5-20-32(23)39-35(26)29)30-18-9-15-27-24-12-3-6-21-33(24)40-36(27)30;1-4-10-31-25(7-1)28-19-22(13-16-34(28)38-31)37(23-14-17-35-29(20-23)26-8-2-5-11-32(26)39-35)24-15-18-36-30(21-24)27-9-3-6-12-33(27)40-36/h1-33H;2*1-21H. The second-order valence-electron chi connectivity index (χ2n) is 35.2. The average Bonchev–Trinajstić information content (AvgIpc) is 1.54. The SMILES string of the molecule is c1ccc2c(c1)oc1c(N(c3cccc4c3oc3ccccc34)c3cccc4c3oc3ccccc34)cccc12.c1ccc2c(c1)oc1cc(-c3ccc(N(c4ccc(-c5ccc6c(c5)oc5ccccc56)cc4)c4ccc(-c5ccc6c(c5)oc5ccccc56)cc4)cc3)ccc12.c1ccc2c(c1)oc1ccc(N(c3ccc4oc5ccccc5c4c3)c3ccc4oc5ccccc5c4c3)cc12. The molecule has 30 rings (SSSR count). The number of fused-ring (bicyclic) bond motifs is 27. The van der Waals surface area contributed by atoms with Crippen molar-refractivity contribution < 1.29 is 39.8 Å². The van der Waals surface area contributed by atoms with Crippen molar-refractivity contribution in [3.05, 3.63) is 455 Å². The third kappa shape index (κ3) is 12.9. The van der Waals surface area contributed by atoms with Gasteiger partial charge in [0.15, 0.2) is 16.7 Å². The first-order valence-electron chi connectivity index (χ1n) is 46.3. The number of nitrogens with zero attached hydrogens (tertiary/aromatic N) is 3. The molecule has 0 N–H and O–H groups in total. The number of benzene rings is 21. The van der Waals surface area contributed by atoms with Crippen LogP contribution in [-0.2, 0) is 0 Å². The summed E-state index contributed by atoms with van der Waals surface area (Å²) in [5, 5.41) is 19.8. The van der Waals surface area contributed by atoms with Crippen LogP contribution in [0.25, 0.3) is 231 Å². The molecule has 21 aromatic carbocycles. The molecule has 9 heterocycles. The highest BCUT2D eigenvalue weighted by molar-refractivity contribution is 6.19. The summed E-state index contributed by atoms with van der Waals surface area (Å²) in [6.45, 7) is 0. The third-order valence-corrected chi connectivity index (χ3v) is 27.2. The van der Waals surface area contributed by atoms with Gasteiger partial charge in [0.25, 0.3) is 0 Å². The van der Waals surface area contributed by atoms with Crippen LogP contribution in [0.3, 0.4) is 0 Å². The summed E-state index contributed by atoms with van der Waals surface area (Å²) >= 11 is 0. The molecule has 0 aliphatic rings. The van der Waals surface area contributed by atoms with Crippen LogP contribution in [0.1, 0.15) is 0 Å². The van der Waals surface area contributed by atoms with Gasteiger partial charge in [-0.3, -0.25) is 4.90 Å². The molecule has 0 fully saturated rings. The Morgan fingerprint density at radius 2 is 0.297 bits per heavy atom. The van der Waals surface area contributed by atoms with E-state index in [0.717, 1.165) is 282 Å². The molecular formula is C126H75N3O9. The molecule has 0 radical (unpaired) electrons. The molecule has 9 aromatic heterocycles. The molecule has 12 heteroatoms. The largest absolute Gasteiger partial charge is 0.456 e. The smallest absolute Gasteiger partial charge is 0.159 e. The van der Waals surface area contributed by atoms with E-state index in [1.165, 1.54) is 0 Å². The van der Waals surface area contributed by atoms with Gasteiger partial charge in [-0.1, -0.05) is 255 Å². The molecule has 0 bridgehead atoms. The lowest BCUT2D eigenvalue weighted by Gasteiger charge is -2.26. The van der Waals surface area contributed by atoms with E-state index in [2.05, 4.69) is 342 Å². The van der Waals surface area contributed by atoms with Gasteiger partial charge in [-0.05, 0) is 234 Å². The van der Waals surface area contributed by atoms with Gasteiger partial charge in [-0.15, -0.1) is 0 Å². The number of furan rings is 9. The van der Waals surface area contributed by atoms with Crippen LogP contribution in [-0.4, -0.2) is 0 Å². The minimum atomic E-state index is 0.810. The van der Waals surface area contributed by atoms with E-state index in [-0.39, 0.29) is 0 Å². The lowest BCUT2D eigenvalue weighted by Crippen LogP contribution is -2.10. The van der Waals surface area contributed by atoms with E-state index >= 15 is 0 Å². The van der Waals surface area contributed by atoms with Gasteiger partial charge in [0.1, 0.15) is 83.7 Å². The highest BCUT2D eigenvalue weighted by atomic mass is 16.4. The lowest BCUT2D eigenvalue weighted by molar-refractivity contribution is 0.663. The van der Waals surface area contributed by atoms with Crippen LogP contribution < -0.4 is 14.7 Å². The molecule has 12 nitrogen and oxygen atoms in total. The molecular weight excluding hydrogens is 1700 g/mol. The molecule has 648 valence electrons. The normalized spacial score (nSPS) is 11.9. The molecule has 0 saturated heterocycles. The molecule has 0 spiro atoms. The summed E-state index contributed by atoms with van der Waals surface area (Å²) in [6.07, 6.45) is 0. The molecule has 138 heavy (non-hydrogen) atoms. The Morgan fingerprint density at radius 3 is 0.565 bits per heavy atom. The van der Waals surface area contributed by atoms with E-state index in [0.29, 0.717) is 0 Å².